The van der Waals surface area contributed by atoms with E-state index in [4.69, 9.17) is 4.74 Å². The zero-order chi connectivity index (χ0) is 18.1. The second-order valence-electron chi connectivity index (χ2n) is 7.84. The van der Waals surface area contributed by atoms with Crippen LogP contribution in [0.1, 0.15) is 37.7 Å². The van der Waals surface area contributed by atoms with Crippen molar-refractivity contribution in [2.24, 2.45) is 5.92 Å². The summed E-state index contributed by atoms with van der Waals surface area (Å²) in [5, 5.41) is 6.80. The topological polar surface area (TPSA) is 70.7 Å². The van der Waals surface area contributed by atoms with Crippen molar-refractivity contribution in [1.82, 2.24) is 15.5 Å². The molecule has 3 unspecified atom stereocenters. The molecular formula is C20H27N3O3. The fourth-order valence-electron chi connectivity index (χ4n) is 4.55. The number of ether oxygens (including phenoxy) is 1. The first-order valence-corrected chi connectivity index (χ1v) is 9.58. The van der Waals surface area contributed by atoms with Crippen LogP contribution in [0.15, 0.2) is 24.3 Å². The van der Waals surface area contributed by atoms with Gasteiger partial charge in [0.2, 0.25) is 11.8 Å². The maximum atomic E-state index is 12.6. The van der Waals surface area contributed by atoms with Crippen molar-refractivity contribution < 1.29 is 14.3 Å². The molecule has 2 bridgehead atoms. The Balaban J connectivity index is 1.31. The number of nitrogens with one attached hydrogen (secondary N) is 2. The van der Waals surface area contributed by atoms with Gasteiger partial charge in [-0.1, -0.05) is 12.1 Å². The van der Waals surface area contributed by atoms with E-state index < -0.39 is 0 Å². The van der Waals surface area contributed by atoms with Gasteiger partial charge >= 0.3 is 0 Å². The first-order valence-electron chi connectivity index (χ1n) is 9.58. The number of carbonyl (C=O) groups is 2. The molecule has 3 heterocycles. The molecule has 0 spiro atoms. The highest BCUT2D eigenvalue weighted by Crippen LogP contribution is 2.28. The SMILES string of the molecule is COc1ccc(CN2CC(C(=O)NC3CC4CCC(C3)N4)CC2=O)cc1. The Morgan fingerprint density at radius 3 is 2.58 bits per heavy atom. The van der Waals surface area contributed by atoms with Crippen molar-refractivity contribution in [1.29, 1.82) is 0 Å². The van der Waals surface area contributed by atoms with Gasteiger partial charge in [0.1, 0.15) is 5.75 Å². The van der Waals surface area contributed by atoms with Gasteiger partial charge in [0.25, 0.3) is 0 Å². The first-order chi connectivity index (χ1) is 12.6. The molecular weight excluding hydrogens is 330 g/mol. The summed E-state index contributed by atoms with van der Waals surface area (Å²) in [5.74, 6) is 0.677. The summed E-state index contributed by atoms with van der Waals surface area (Å²) in [4.78, 5) is 26.8. The lowest BCUT2D eigenvalue weighted by Gasteiger charge is -2.30. The van der Waals surface area contributed by atoms with Crippen molar-refractivity contribution in [3.63, 3.8) is 0 Å². The number of rotatable bonds is 5. The Morgan fingerprint density at radius 2 is 1.92 bits per heavy atom. The molecule has 1 aromatic rings. The summed E-state index contributed by atoms with van der Waals surface area (Å²) >= 11 is 0. The van der Waals surface area contributed by atoms with Crippen LogP contribution in [0.25, 0.3) is 0 Å². The van der Waals surface area contributed by atoms with Gasteiger partial charge in [0.05, 0.1) is 13.0 Å². The number of likely N-dealkylation sites (tertiary alicyclic amines) is 1. The molecule has 26 heavy (non-hydrogen) atoms. The summed E-state index contributed by atoms with van der Waals surface area (Å²) in [6, 6.07) is 9.07. The number of hydrogen-bond acceptors (Lipinski definition) is 4. The zero-order valence-corrected chi connectivity index (χ0v) is 15.2. The fourth-order valence-corrected chi connectivity index (χ4v) is 4.55. The monoisotopic (exact) mass is 357 g/mol. The normalized spacial score (nSPS) is 30.5. The van der Waals surface area contributed by atoms with Gasteiger partial charge in [-0.05, 0) is 43.4 Å². The minimum atomic E-state index is -0.228. The molecule has 3 aliphatic rings. The van der Waals surface area contributed by atoms with Crippen LogP contribution in [0.3, 0.4) is 0 Å². The van der Waals surface area contributed by atoms with Crippen LogP contribution in [0, 0.1) is 5.92 Å². The molecule has 4 rings (SSSR count). The predicted octanol–water partition coefficient (Wildman–Crippen LogP) is 1.44. The van der Waals surface area contributed by atoms with Gasteiger partial charge in [-0.15, -0.1) is 0 Å². The summed E-state index contributed by atoms with van der Waals surface area (Å²) in [5.41, 5.74) is 1.05. The van der Waals surface area contributed by atoms with E-state index in [0.717, 1.165) is 24.2 Å². The Hall–Kier alpha value is -2.08. The molecule has 3 fully saturated rings. The lowest BCUT2D eigenvalue weighted by atomic mass is 9.98. The van der Waals surface area contributed by atoms with Gasteiger partial charge < -0.3 is 20.3 Å². The van der Waals surface area contributed by atoms with Gasteiger partial charge in [-0.3, -0.25) is 9.59 Å². The fraction of sp³-hybridized carbons (Fsp3) is 0.600. The van der Waals surface area contributed by atoms with E-state index in [1.165, 1.54) is 12.8 Å². The second kappa shape index (κ2) is 7.27. The summed E-state index contributed by atoms with van der Waals surface area (Å²) < 4.78 is 5.16. The summed E-state index contributed by atoms with van der Waals surface area (Å²) in [7, 11) is 1.63. The van der Waals surface area contributed by atoms with Crippen LogP contribution in [0.2, 0.25) is 0 Å². The highest BCUT2D eigenvalue weighted by Gasteiger charge is 2.38. The summed E-state index contributed by atoms with van der Waals surface area (Å²) in [6.45, 7) is 1.05. The number of methoxy groups -OCH3 is 1. The van der Waals surface area contributed by atoms with E-state index in [-0.39, 0.29) is 23.8 Å². The van der Waals surface area contributed by atoms with Crippen molar-refractivity contribution in [2.45, 2.75) is 56.8 Å². The van der Waals surface area contributed by atoms with Gasteiger partial charge in [0.15, 0.2) is 0 Å². The van der Waals surface area contributed by atoms with E-state index in [1.807, 2.05) is 24.3 Å². The molecule has 0 radical (unpaired) electrons. The van der Waals surface area contributed by atoms with Gasteiger partial charge in [-0.25, -0.2) is 0 Å². The van der Waals surface area contributed by atoms with Crippen molar-refractivity contribution in [2.75, 3.05) is 13.7 Å². The highest BCUT2D eigenvalue weighted by molar-refractivity contribution is 5.89. The molecule has 140 valence electrons. The molecule has 1 aromatic carbocycles. The number of fused-ring (bicyclic) bond motifs is 2. The number of piperidine rings is 1. The quantitative estimate of drug-likeness (QED) is 0.837. The summed E-state index contributed by atoms with van der Waals surface area (Å²) in [6.07, 6.45) is 4.78. The lowest BCUT2D eigenvalue weighted by molar-refractivity contribution is -0.129. The number of hydrogen-bond donors (Lipinski definition) is 2. The third-order valence-electron chi connectivity index (χ3n) is 5.94. The Labute approximate surface area is 154 Å². The molecule has 0 saturated carbocycles. The Morgan fingerprint density at radius 1 is 1.23 bits per heavy atom. The number of nitrogens with zero attached hydrogens (tertiary/aromatic N) is 1. The van der Waals surface area contributed by atoms with Crippen LogP contribution in [0.4, 0.5) is 0 Å². The molecule has 6 heteroatoms. The van der Waals surface area contributed by atoms with Gasteiger partial charge in [-0.2, -0.15) is 0 Å². The van der Waals surface area contributed by atoms with E-state index in [2.05, 4.69) is 10.6 Å². The van der Waals surface area contributed by atoms with Crippen molar-refractivity contribution >= 4 is 11.8 Å². The van der Waals surface area contributed by atoms with E-state index in [0.29, 0.717) is 31.6 Å². The highest BCUT2D eigenvalue weighted by atomic mass is 16.5. The van der Waals surface area contributed by atoms with E-state index in [9.17, 15) is 9.59 Å². The van der Waals surface area contributed by atoms with Crippen molar-refractivity contribution in [3.8, 4) is 5.75 Å². The van der Waals surface area contributed by atoms with Crippen molar-refractivity contribution in [3.05, 3.63) is 29.8 Å². The average Bonchev–Trinajstić information content (AvgIpc) is 3.18. The van der Waals surface area contributed by atoms with E-state index >= 15 is 0 Å². The molecule has 0 aromatic heterocycles. The molecule has 3 aliphatic heterocycles. The minimum Gasteiger partial charge on any atom is -0.497 e. The zero-order valence-electron chi connectivity index (χ0n) is 15.2. The number of amides is 2. The molecule has 0 aliphatic carbocycles. The van der Waals surface area contributed by atoms with Crippen LogP contribution in [-0.4, -0.2) is 48.5 Å². The first kappa shape index (κ1) is 17.3. The standard InChI is InChI=1S/C20H27N3O3/c1-26-18-6-2-13(3-7-18)11-23-12-14(8-19(23)24)20(25)22-17-9-15-4-5-16(10-17)21-15/h2-3,6-7,14-17,21H,4-5,8-12H2,1H3,(H,22,25). The van der Waals surface area contributed by atoms with E-state index in [1.54, 1.807) is 12.0 Å². The Kier molecular flexibility index (Phi) is 4.85. The Bertz CT molecular complexity index is 663. The van der Waals surface area contributed by atoms with Crippen LogP contribution < -0.4 is 15.4 Å². The number of benzene rings is 1. The largest absolute Gasteiger partial charge is 0.497 e. The molecule has 3 atom stereocenters. The van der Waals surface area contributed by atoms with Gasteiger partial charge in [0, 0.05) is 37.6 Å². The third-order valence-corrected chi connectivity index (χ3v) is 5.94. The molecule has 6 nitrogen and oxygen atoms in total. The molecule has 2 N–H and O–H groups in total. The predicted molar refractivity (Wildman–Crippen MR) is 97.6 cm³/mol. The average molecular weight is 357 g/mol. The van der Waals surface area contributed by atoms with Crippen LogP contribution >= 0.6 is 0 Å². The van der Waals surface area contributed by atoms with Crippen LogP contribution in [0.5, 0.6) is 5.75 Å². The number of carbonyl (C=O) groups excluding carboxylic acids is 2. The second-order valence-corrected chi connectivity index (χ2v) is 7.84. The molecule has 3 saturated heterocycles. The maximum Gasteiger partial charge on any atom is 0.225 e. The third kappa shape index (κ3) is 3.70. The lowest BCUT2D eigenvalue weighted by Crippen LogP contribution is -2.49. The molecule has 2 amide bonds. The van der Waals surface area contributed by atoms with Crippen LogP contribution in [-0.2, 0) is 16.1 Å². The maximum absolute atomic E-state index is 12.6. The minimum absolute atomic E-state index is 0.0434. The smallest absolute Gasteiger partial charge is 0.225 e.